The molecule has 3 atom stereocenters. The maximum atomic E-state index is 12.9. The first-order chi connectivity index (χ1) is 12.5. The molecule has 0 bridgehead atoms. The van der Waals surface area contributed by atoms with Crippen LogP contribution in [-0.4, -0.2) is 63.5 Å². The fourth-order valence-corrected chi connectivity index (χ4v) is 4.26. The van der Waals surface area contributed by atoms with Crippen molar-refractivity contribution in [3.05, 3.63) is 36.3 Å². The number of hydrogen-bond acceptors (Lipinski definition) is 4. The third-order valence-electron chi connectivity index (χ3n) is 5.84. The molecule has 0 radical (unpaired) electrons. The Labute approximate surface area is 152 Å². The maximum absolute atomic E-state index is 12.9. The molecule has 1 aliphatic carbocycles. The van der Waals surface area contributed by atoms with Gasteiger partial charge in [-0.3, -0.25) is 19.7 Å². The van der Waals surface area contributed by atoms with Crippen molar-refractivity contribution in [1.29, 1.82) is 0 Å². The van der Waals surface area contributed by atoms with Crippen LogP contribution in [0.3, 0.4) is 0 Å². The molecule has 26 heavy (non-hydrogen) atoms. The van der Waals surface area contributed by atoms with E-state index < -0.39 is 0 Å². The van der Waals surface area contributed by atoms with Crippen LogP contribution in [0, 0.1) is 11.8 Å². The van der Waals surface area contributed by atoms with Crippen LogP contribution in [0.1, 0.15) is 29.8 Å². The Morgan fingerprint density at radius 1 is 1.27 bits per heavy atom. The quantitative estimate of drug-likeness (QED) is 0.912. The minimum atomic E-state index is -0.0545. The number of H-pyrrole nitrogens is 1. The summed E-state index contributed by atoms with van der Waals surface area (Å²) in [5.41, 5.74) is 2.14. The van der Waals surface area contributed by atoms with Gasteiger partial charge in [0.05, 0.1) is 5.69 Å². The lowest BCUT2D eigenvalue weighted by molar-refractivity contribution is -0.134. The summed E-state index contributed by atoms with van der Waals surface area (Å²) < 4.78 is 0. The number of aromatic nitrogens is 3. The molecule has 2 amide bonds. The number of fused-ring (bicyclic) bond motifs is 1. The second kappa shape index (κ2) is 6.55. The van der Waals surface area contributed by atoms with Gasteiger partial charge in [0.1, 0.15) is 5.69 Å². The van der Waals surface area contributed by atoms with Crippen molar-refractivity contribution in [2.75, 3.05) is 20.6 Å². The highest BCUT2D eigenvalue weighted by atomic mass is 16.2. The van der Waals surface area contributed by atoms with Gasteiger partial charge in [0, 0.05) is 51.1 Å². The van der Waals surface area contributed by atoms with Gasteiger partial charge in [-0.05, 0) is 42.9 Å². The molecule has 2 aliphatic rings. The number of likely N-dealkylation sites (tertiary alicyclic amines) is 1. The van der Waals surface area contributed by atoms with E-state index in [4.69, 9.17) is 0 Å². The molecule has 3 heterocycles. The van der Waals surface area contributed by atoms with E-state index >= 15 is 0 Å². The summed E-state index contributed by atoms with van der Waals surface area (Å²) in [6.45, 7) is 0.804. The molecule has 2 fully saturated rings. The third-order valence-corrected chi connectivity index (χ3v) is 5.84. The lowest BCUT2D eigenvalue weighted by Gasteiger charge is -2.31. The van der Waals surface area contributed by atoms with E-state index in [1.807, 2.05) is 36.0 Å². The number of amides is 2. The smallest absolute Gasteiger partial charge is 0.271 e. The number of pyridine rings is 1. The summed E-state index contributed by atoms with van der Waals surface area (Å²) in [6, 6.07) is 5.68. The van der Waals surface area contributed by atoms with E-state index in [0.717, 1.165) is 30.6 Å². The van der Waals surface area contributed by atoms with Crippen LogP contribution in [-0.2, 0) is 4.79 Å². The monoisotopic (exact) mass is 353 g/mol. The highest BCUT2D eigenvalue weighted by Gasteiger charge is 2.42. The second-order valence-corrected chi connectivity index (χ2v) is 7.44. The Bertz CT molecular complexity index is 818. The first-order valence-electron chi connectivity index (χ1n) is 9.00. The minimum absolute atomic E-state index is 0.0545. The molecular formula is C19H23N5O2. The molecule has 136 valence electrons. The zero-order valence-corrected chi connectivity index (χ0v) is 15.1. The maximum Gasteiger partial charge on any atom is 0.271 e. The molecule has 1 saturated heterocycles. The van der Waals surface area contributed by atoms with E-state index in [-0.39, 0.29) is 17.9 Å². The molecule has 1 aliphatic heterocycles. The molecule has 1 N–H and O–H groups in total. The topological polar surface area (TPSA) is 82.2 Å². The molecule has 0 spiro atoms. The van der Waals surface area contributed by atoms with Crippen LogP contribution >= 0.6 is 0 Å². The Kier molecular flexibility index (Phi) is 4.22. The van der Waals surface area contributed by atoms with Gasteiger partial charge in [-0.15, -0.1) is 0 Å². The van der Waals surface area contributed by atoms with Crippen molar-refractivity contribution in [3.8, 4) is 11.3 Å². The molecule has 1 saturated carbocycles. The zero-order valence-electron chi connectivity index (χ0n) is 15.1. The first-order valence-corrected chi connectivity index (χ1v) is 9.00. The Balaban J connectivity index is 1.46. The van der Waals surface area contributed by atoms with Crippen LogP contribution < -0.4 is 0 Å². The summed E-state index contributed by atoms with van der Waals surface area (Å²) in [7, 11) is 3.72. The van der Waals surface area contributed by atoms with Crippen LogP contribution in [0.5, 0.6) is 0 Å². The van der Waals surface area contributed by atoms with Crippen molar-refractivity contribution in [2.24, 2.45) is 11.8 Å². The Morgan fingerprint density at radius 3 is 2.77 bits per heavy atom. The normalized spacial score (nSPS) is 25.2. The van der Waals surface area contributed by atoms with Gasteiger partial charge in [0.2, 0.25) is 5.91 Å². The van der Waals surface area contributed by atoms with Crippen molar-refractivity contribution < 1.29 is 9.59 Å². The highest BCUT2D eigenvalue weighted by molar-refractivity contribution is 5.93. The Hall–Kier alpha value is -2.70. The SMILES string of the molecule is CN1C[C@H]2C[C@@H](N(C)C(=O)c3cc(-c4ccncc4)n[nH]3)C[C@H]2CC1=O. The van der Waals surface area contributed by atoms with Gasteiger partial charge < -0.3 is 9.80 Å². The van der Waals surface area contributed by atoms with Crippen molar-refractivity contribution >= 4 is 11.8 Å². The molecule has 0 unspecified atom stereocenters. The van der Waals surface area contributed by atoms with Gasteiger partial charge in [0.15, 0.2) is 0 Å². The van der Waals surface area contributed by atoms with Crippen LogP contribution in [0.15, 0.2) is 30.6 Å². The van der Waals surface area contributed by atoms with Gasteiger partial charge in [0.25, 0.3) is 5.91 Å². The minimum Gasteiger partial charge on any atom is -0.345 e. The van der Waals surface area contributed by atoms with E-state index in [9.17, 15) is 9.59 Å². The van der Waals surface area contributed by atoms with Crippen LogP contribution in [0.25, 0.3) is 11.3 Å². The average Bonchev–Trinajstić information content (AvgIpc) is 3.29. The number of nitrogens with one attached hydrogen (secondary N) is 1. The number of nitrogens with zero attached hydrogens (tertiary/aromatic N) is 4. The molecule has 2 aromatic heterocycles. The second-order valence-electron chi connectivity index (χ2n) is 7.44. The summed E-state index contributed by atoms with van der Waals surface area (Å²) in [5, 5.41) is 7.12. The van der Waals surface area contributed by atoms with E-state index in [0.29, 0.717) is 24.0 Å². The number of aromatic amines is 1. The summed E-state index contributed by atoms with van der Waals surface area (Å²) >= 11 is 0. The molecule has 7 nitrogen and oxygen atoms in total. The lowest BCUT2D eigenvalue weighted by Crippen LogP contribution is -2.40. The van der Waals surface area contributed by atoms with Gasteiger partial charge in [-0.2, -0.15) is 5.10 Å². The predicted molar refractivity (Wildman–Crippen MR) is 96.2 cm³/mol. The van der Waals surface area contributed by atoms with Crippen LogP contribution in [0.2, 0.25) is 0 Å². The predicted octanol–water partition coefficient (Wildman–Crippen LogP) is 1.80. The molecule has 0 aromatic carbocycles. The number of piperidine rings is 1. The van der Waals surface area contributed by atoms with E-state index in [1.54, 1.807) is 18.5 Å². The van der Waals surface area contributed by atoms with Crippen molar-refractivity contribution in [2.45, 2.75) is 25.3 Å². The van der Waals surface area contributed by atoms with Gasteiger partial charge >= 0.3 is 0 Å². The average molecular weight is 353 g/mol. The van der Waals surface area contributed by atoms with Crippen molar-refractivity contribution in [1.82, 2.24) is 25.0 Å². The molecule has 4 rings (SSSR count). The highest BCUT2D eigenvalue weighted by Crippen LogP contribution is 2.40. The van der Waals surface area contributed by atoms with E-state index in [2.05, 4.69) is 15.2 Å². The molecule has 7 heteroatoms. The lowest BCUT2D eigenvalue weighted by atomic mass is 9.88. The zero-order chi connectivity index (χ0) is 18.3. The number of rotatable bonds is 3. The largest absolute Gasteiger partial charge is 0.345 e. The number of carbonyl (C=O) groups excluding carboxylic acids is 2. The summed E-state index contributed by atoms with van der Waals surface area (Å²) in [6.07, 6.45) is 5.87. The summed E-state index contributed by atoms with van der Waals surface area (Å²) in [4.78, 5) is 32.4. The van der Waals surface area contributed by atoms with Gasteiger partial charge in [-0.1, -0.05) is 0 Å². The van der Waals surface area contributed by atoms with E-state index in [1.165, 1.54) is 0 Å². The number of carbonyl (C=O) groups is 2. The Morgan fingerprint density at radius 2 is 2.00 bits per heavy atom. The molecular weight excluding hydrogens is 330 g/mol. The third kappa shape index (κ3) is 2.98. The standard InChI is InChI=1S/C19H23N5O2/c1-23-11-14-8-15(7-13(14)9-18(23)25)24(2)19(26)17-10-16(21-22-17)12-3-5-20-6-4-12/h3-6,10,13-15H,7-9,11H2,1-2H3,(H,21,22)/t13-,14+,15-/m0/s1. The number of hydrogen-bond donors (Lipinski definition) is 1. The van der Waals surface area contributed by atoms with Crippen LogP contribution in [0.4, 0.5) is 0 Å². The molecule has 2 aromatic rings. The van der Waals surface area contributed by atoms with Gasteiger partial charge in [-0.25, -0.2) is 0 Å². The van der Waals surface area contributed by atoms with Crippen molar-refractivity contribution in [3.63, 3.8) is 0 Å². The summed E-state index contributed by atoms with van der Waals surface area (Å²) in [5.74, 6) is 1.05. The fraction of sp³-hybridized carbons (Fsp3) is 0.474. The first kappa shape index (κ1) is 16.8. The fourth-order valence-electron chi connectivity index (χ4n) is 4.26.